The number of benzene rings is 1. The number of rotatable bonds is 2. The van der Waals surface area contributed by atoms with Crippen molar-refractivity contribution in [3.63, 3.8) is 0 Å². The predicted molar refractivity (Wildman–Crippen MR) is 71.1 cm³/mol. The van der Waals surface area contributed by atoms with Gasteiger partial charge in [0.25, 0.3) is 0 Å². The topological polar surface area (TPSA) is 29.3 Å². The maximum atomic E-state index is 13.1. The second kappa shape index (κ2) is 5.31. The third-order valence-electron chi connectivity index (χ3n) is 3.83. The van der Waals surface area contributed by atoms with Gasteiger partial charge in [-0.05, 0) is 31.0 Å². The summed E-state index contributed by atoms with van der Waals surface area (Å²) in [4.78, 5) is 1.77. The van der Waals surface area contributed by atoms with Crippen LogP contribution in [-0.4, -0.2) is 13.1 Å². The number of hydrogen-bond acceptors (Lipinski definition) is 2. The van der Waals surface area contributed by atoms with E-state index in [1.807, 2.05) is 0 Å². The fraction of sp³-hybridized carbons (Fsp3) is 0.571. The Morgan fingerprint density at radius 1 is 1.16 bits per heavy atom. The van der Waals surface area contributed by atoms with Gasteiger partial charge < -0.3 is 10.6 Å². The average Bonchev–Trinajstić information content (AvgIpc) is 2.38. The molecule has 106 valence electrons. The van der Waals surface area contributed by atoms with Crippen molar-refractivity contribution < 1.29 is 13.2 Å². The van der Waals surface area contributed by atoms with Gasteiger partial charge in [-0.25, -0.2) is 0 Å². The second-order valence-corrected chi connectivity index (χ2v) is 5.18. The Bertz CT molecular complexity index is 437. The van der Waals surface area contributed by atoms with Crippen molar-refractivity contribution in [2.75, 3.05) is 17.7 Å². The normalized spacial score (nSPS) is 17.5. The quantitative estimate of drug-likeness (QED) is 0.823. The van der Waals surface area contributed by atoms with Gasteiger partial charge in [0.05, 0.1) is 5.56 Å². The number of anilines is 2. The second-order valence-electron chi connectivity index (χ2n) is 5.18. The van der Waals surface area contributed by atoms with Gasteiger partial charge in [0.15, 0.2) is 0 Å². The Morgan fingerprint density at radius 3 is 2.37 bits per heavy atom. The van der Waals surface area contributed by atoms with E-state index in [1.165, 1.54) is 18.6 Å². The first-order valence-electron chi connectivity index (χ1n) is 6.59. The van der Waals surface area contributed by atoms with E-state index in [9.17, 15) is 13.2 Å². The maximum Gasteiger partial charge on any atom is 0.418 e. The van der Waals surface area contributed by atoms with E-state index in [-0.39, 0.29) is 17.4 Å². The summed E-state index contributed by atoms with van der Waals surface area (Å²) in [6.45, 7) is 0. The molecule has 0 bridgehead atoms. The highest BCUT2D eigenvalue weighted by Gasteiger charge is 2.35. The van der Waals surface area contributed by atoms with Crippen LogP contribution in [0.15, 0.2) is 18.2 Å². The van der Waals surface area contributed by atoms with E-state index >= 15 is 0 Å². The Morgan fingerprint density at radius 2 is 1.79 bits per heavy atom. The van der Waals surface area contributed by atoms with Crippen molar-refractivity contribution >= 4 is 11.4 Å². The fourth-order valence-electron chi connectivity index (χ4n) is 2.75. The van der Waals surface area contributed by atoms with Crippen LogP contribution in [0.1, 0.15) is 37.7 Å². The monoisotopic (exact) mass is 272 g/mol. The number of nitrogen functional groups attached to an aromatic ring is 1. The van der Waals surface area contributed by atoms with Crippen LogP contribution < -0.4 is 10.6 Å². The first kappa shape index (κ1) is 14.0. The summed E-state index contributed by atoms with van der Waals surface area (Å²) in [6.07, 6.45) is 0.902. The van der Waals surface area contributed by atoms with Crippen LogP contribution >= 0.6 is 0 Å². The van der Waals surface area contributed by atoms with Crippen molar-refractivity contribution in [1.29, 1.82) is 0 Å². The van der Waals surface area contributed by atoms with Crippen LogP contribution in [-0.2, 0) is 6.18 Å². The number of nitrogens with two attached hydrogens (primary N) is 1. The average molecular weight is 272 g/mol. The maximum absolute atomic E-state index is 13.1. The largest absolute Gasteiger partial charge is 0.418 e. The molecule has 1 saturated carbocycles. The molecule has 0 unspecified atom stereocenters. The van der Waals surface area contributed by atoms with Gasteiger partial charge in [-0.1, -0.05) is 19.3 Å². The molecule has 0 aromatic heterocycles. The van der Waals surface area contributed by atoms with Crippen molar-refractivity contribution in [2.45, 2.75) is 44.3 Å². The lowest BCUT2D eigenvalue weighted by Gasteiger charge is -2.34. The summed E-state index contributed by atoms with van der Waals surface area (Å²) < 4.78 is 39.2. The van der Waals surface area contributed by atoms with Crippen LogP contribution in [0.2, 0.25) is 0 Å². The summed E-state index contributed by atoms with van der Waals surface area (Å²) in [5, 5.41) is 0. The van der Waals surface area contributed by atoms with Crippen LogP contribution in [0, 0.1) is 0 Å². The molecule has 19 heavy (non-hydrogen) atoms. The van der Waals surface area contributed by atoms with Crippen LogP contribution in [0.5, 0.6) is 0 Å². The van der Waals surface area contributed by atoms with E-state index in [0.29, 0.717) is 0 Å². The third-order valence-corrected chi connectivity index (χ3v) is 3.83. The molecule has 0 amide bonds. The number of hydrogen-bond donors (Lipinski definition) is 1. The number of alkyl halides is 3. The molecule has 0 radical (unpaired) electrons. The summed E-state index contributed by atoms with van der Waals surface area (Å²) in [5.41, 5.74) is 5.22. The van der Waals surface area contributed by atoms with Crippen molar-refractivity contribution in [3.05, 3.63) is 23.8 Å². The molecular formula is C14H19F3N2. The minimum Gasteiger partial charge on any atom is -0.399 e. The summed E-state index contributed by atoms with van der Waals surface area (Å²) in [5.74, 6) is 0. The van der Waals surface area contributed by atoms with E-state index < -0.39 is 11.7 Å². The molecule has 1 aromatic carbocycles. The molecule has 0 heterocycles. The molecule has 2 N–H and O–H groups in total. The van der Waals surface area contributed by atoms with E-state index in [4.69, 9.17) is 5.73 Å². The molecule has 5 heteroatoms. The highest BCUT2D eigenvalue weighted by molar-refractivity contribution is 5.61. The lowest BCUT2D eigenvalue weighted by atomic mass is 9.93. The van der Waals surface area contributed by atoms with Crippen LogP contribution in [0.3, 0.4) is 0 Å². The molecule has 0 spiro atoms. The van der Waals surface area contributed by atoms with Crippen LogP contribution in [0.25, 0.3) is 0 Å². The molecule has 1 aliphatic carbocycles. The lowest BCUT2D eigenvalue weighted by molar-refractivity contribution is -0.137. The van der Waals surface area contributed by atoms with Gasteiger partial charge in [-0.3, -0.25) is 0 Å². The van der Waals surface area contributed by atoms with Crippen molar-refractivity contribution in [1.82, 2.24) is 0 Å². The molecule has 0 aliphatic heterocycles. The zero-order chi connectivity index (χ0) is 14.0. The molecule has 2 nitrogen and oxygen atoms in total. The van der Waals surface area contributed by atoms with Gasteiger partial charge in [-0.15, -0.1) is 0 Å². The minimum atomic E-state index is -4.37. The van der Waals surface area contributed by atoms with Gasteiger partial charge in [0.2, 0.25) is 0 Å². The molecule has 0 atom stereocenters. The first-order valence-corrected chi connectivity index (χ1v) is 6.59. The first-order chi connectivity index (χ1) is 8.89. The summed E-state index contributed by atoms with van der Waals surface area (Å²) >= 11 is 0. The van der Waals surface area contributed by atoms with Crippen molar-refractivity contribution in [3.8, 4) is 0 Å². The van der Waals surface area contributed by atoms with Gasteiger partial charge >= 0.3 is 6.18 Å². The molecule has 2 rings (SSSR count). The molecule has 0 saturated heterocycles. The summed E-state index contributed by atoms with van der Waals surface area (Å²) in [6, 6.07) is 4.23. The number of nitrogens with zero attached hydrogens (tertiary/aromatic N) is 1. The minimum absolute atomic E-state index is 0.146. The van der Waals surface area contributed by atoms with E-state index in [2.05, 4.69) is 0 Å². The molecule has 1 aromatic rings. The number of halogens is 3. The highest BCUT2D eigenvalue weighted by Crippen LogP contribution is 2.39. The fourth-order valence-corrected chi connectivity index (χ4v) is 2.75. The molecule has 1 aliphatic rings. The Labute approximate surface area is 111 Å². The molecular weight excluding hydrogens is 253 g/mol. The van der Waals surface area contributed by atoms with Gasteiger partial charge in [0.1, 0.15) is 0 Å². The Kier molecular flexibility index (Phi) is 3.92. The summed E-state index contributed by atoms with van der Waals surface area (Å²) in [7, 11) is 1.75. The van der Waals surface area contributed by atoms with Crippen LogP contribution in [0.4, 0.5) is 24.5 Å². The van der Waals surface area contributed by atoms with E-state index in [0.717, 1.165) is 31.7 Å². The smallest absolute Gasteiger partial charge is 0.399 e. The van der Waals surface area contributed by atoms with Crippen molar-refractivity contribution in [2.24, 2.45) is 0 Å². The SMILES string of the molecule is CN(c1ccc(N)cc1C(F)(F)F)C1CCCCC1. The predicted octanol–water partition coefficient (Wildman–Crippen LogP) is 4.06. The van der Waals surface area contributed by atoms with Gasteiger partial charge in [-0.2, -0.15) is 13.2 Å². The van der Waals surface area contributed by atoms with Gasteiger partial charge in [0, 0.05) is 24.5 Å². The van der Waals surface area contributed by atoms with E-state index in [1.54, 1.807) is 11.9 Å². The Hall–Kier alpha value is -1.39. The lowest BCUT2D eigenvalue weighted by Crippen LogP contribution is -2.34. The molecule has 1 fully saturated rings. The Balaban J connectivity index is 2.32. The zero-order valence-corrected chi connectivity index (χ0v) is 11.0. The highest BCUT2D eigenvalue weighted by atomic mass is 19.4. The zero-order valence-electron chi connectivity index (χ0n) is 11.0. The standard InChI is InChI=1S/C14H19F3N2/c1-19(11-5-3-2-4-6-11)13-8-7-10(18)9-12(13)14(15,16)17/h7-9,11H,2-6,18H2,1H3. The third kappa shape index (κ3) is 3.14.